The van der Waals surface area contributed by atoms with E-state index in [1.54, 1.807) is 0 Å². The van der Waals surface area contributed by atoms with Crippen LogP contribution < -0.4 is 15.1 Å². The van der Waals surface area contributed by atoms with E-state index in [0.29, 0.717) is 32.0 Å². The van der Waals surface area contributed by atoms with Gasteiger partial charge in [-0.3, -0.25) is 4.79 Å². The minimum Gasteiger partial charge on any atom is -0.352 e. The molecule has 1 aliphatic rings. The smallest absolute Gasteiger partial charge is 0.352 e. The minimum atomic E-state index is -4.84. The SMILES string of the molecule is CN(C(=S)N(c1ccc(C(=O)NCCc2ccccc2)c(F)c1)C1(C=O)CCC1)c1cnc(C#N)c(C(F)(F)F)c1. The summed E-state index contributed by atoms with van der Waals surface area (Å²) in [4.78, 5) is 31.2. The highest BCUT2D eigenvalue weighted by Crippen LogP contribution is 2.41. The molecular weight excluding hydrogens is 558 g/mol. The fourth-order valence-corrected chi connectivity index (χ4v) is 4.97. The number of amides is 1. The van der Waals surface area contributed by atoms with Crippen molar-refractivity contribution in [2.75, 3.05) is 23.4 Å². The number of aromatic nitrogens is 1. The van der Waals surface area contributed by atoms with E-state index >= 15 is 4.39 Å². The first-order valence-corrected chi connectivity index (χ1v) is 13.0. The molecule has 0 aliphatic heterocycles. The molecule has 0 bridgehead atoms. The number of hydrogen-bond acceptors (Lipinski definition) is 5. The van der Waals surface area contributed by atoms with Crippen LogP contribution in [0.15, 0.2) is 60.8 Å². The molecule has 7 nitrogen and oxygen atoms in total. The van der Waals surface area contributed by atoms with Crippen molar-refractivity contribution in [3.63, 3.8) is 0 Å². The van der Waals surface area contributed by atoms with Crippen molar-refractivity contribution in [1.82, 2.24) is 10.3 Å². The fourth-order valence-electron chi connectivity index (χ4n) is 4.58. The number of carbonyl (C=O) groups is 2. The first-order valence-electron chi connectivity index (χ1n) is 12.6. The summed E-state index contributed by atoms with van der Waals surface area (Å²) in [5.41, 5.74) is -2.30. The second-order valence-corrected chi connectivity index (χ2v) is 9.97. The van der Waals surface area contributed by atoms with E-state index in [-0.39, 0.29) is 28.6 Å². The topological polar surface area (TPSA) is 89.3 Å². The molecule has 0 unspecified atom stereocenters. The Kier molecular flexibility index (Phi) is 8.68. The molecule has 3 aromatic rings. The van der Waals surface area contributed by atoms with E-state index < -0.39 is 34.7 Å². The number of aldehydes is 1. The molecule has 0 spiro atoms. The number of pyridine rings is 1. The molecule has 1 saturated carbocycles. The zero-order chi connectivity index (χ0) is 29.8. The first kappa shape index (κ1) is 29.6. The van der Waals surface area contributed by atoms with Gasteiger partial charge in [-0.1, -0.05) is 30.3 Å². The Labute approximate surface area is 239 Å². The zero-order valence-electron chi connectivity index (χ0n) is 21.9. The van der Waals surface area contributed by atoms with Crippen molar-refractivity contribution in [2.24, 2.45) is 0 Å². The third-order valence-corrected chi connectivity index (χ3v) is 7.49. The lowest BCUT2D eigenvalue weighted by atomic mass is 9.76. The number of nitrogens with zero attached hydrogens (tertiary/aromatic N) is 4. The maximum Gasteiger partial charge on any atom is 0.419 e. The van der Waals surface area contributed by atoms with Crippen LogP contribution in [0.3, 0.4) is 0 Å². The van der Waals surface area contributed by atoms with E-state index in [9.17, 15) is 22.8 Å². The molecule has 212 valence electrons. The molecule has 1 amide bonds. The quantitative estimate of drug-likeness (QED) is 0.215. The fraction of sp³-hybridized carbons (Fsp3) is 0.276. The van der Waals surface area contributed by atoms with E-state index in [4.69, 9.17) is 17.5 Å². The molecule has 1 fully saturated rings. The Balaban J connectivity index is 1.61. The Morgan fingerprint density at radius 2 is 1.88 bits per heavy atom. The van der Waals surface area contributed by atoms with E-state index in [1.807, 2.05) is 30.3 Å². The minimum absolute atomic E-state index is 0.0819. The highest BCUT2D eigenvalue weighted by Gasteiger charge is 2.46. The van der Waals surface area contributed by atoms with E-state index in [1.165, 1.54) is 35.0 Å². The third kappa shape index (κ3) is 6.20. The Hall–Kier alpha value is -4.37. The number of carbonyl (C=O) groups excluding carboxylic acids is 2. The molecule has 1 heterocycles. The zero-order valence-corrected chi connectivity index (χ0v) is 22.7. The number of nitriles is 1. The summed E-state index contributed by atoms with van der Waals surface area (Å²) >= 11 is 5.62. The number of anilines is 2. The summed E-state index contributed by atoms with van der Waals surface area (Å²) in [6, 6.07) is 15.4. The highest BCUT2D eigenvalue weighted by atomic mass is 32.1. The van der Waals surface area contributed by atoms with Crippen LogP contribution in [0.2, 0.25) is 0 Å². The van der Waals surface area contributed by atoms with Crippen molar-refractivity contribution < 1.29 is 27.2 Å². The normalized spacial score (nSPS) is 13.9. The van der Waals surface area contributed by atoms with Gasteiger partial charge in [0, 0.05) is 19.3 Å². The van der Waals surface area contributed by atoms with Crippen molar-refractivity contribution >= 4 is 40.9 Å². The van der Waals surface area contributed by atoms with Crippen LogP contribution in [0.4, 0.5) is 28.9 Å². The molecule has 1 aliphatic carbocycles. The Bertz CT molecular complexity index is 1500. The van der Waals surface area contributed by atoms with Gasteiger partial charge in [0.05, 0.1) is 23.0 Å². The van der Waals surface area contributed by atoms with E-state index in [0.717, 1.165) is 23.9 Å². The predicted molar refractivity (Wildman–Crippen MR) is 149 cm³/mol. The Morgan fingerprint density at radius 3 is 2.44 bits per heavy atom. The highest BCUT2D eigenvalue weighted by molar-refractivity contribution is 7.80. The van der Waals surface area contributed by atoms with Gasteiger partial charge in [0.25, 0.3) is 5.91 Å². The van der Waals surface area contributed by atoms with Gasteiger partial charge in [-0.2, -0.15) is 18.4 Å². The molecule has 4 rings (SSSR count). The van der Waals surface area contributed by atoms with Gasteiger partial charge in [-0.15, -0.1) is 0 Å². The number of thiocarbonyl (C=S) groups is 1. The average molecular weight is 584 g/mol. The van der Waals surface area contributed by atoms with Crippen molar-refractivity contribution in [3.05, 3.63) is 89.0 Å². The maximum absolute atomic E-state index is 15.3. The van der Waals surface area contributed by atoms with Crippen LogP contribution in [0.25, 0.3) is 0 Å². The predicted octanol–water partition coefficient (Wildman–Crippen LogP) is 5.43. The third-order valence-electron chi connectivity index (χ3n) is 7.03. The summed E-state index contributed by atoms with van der Waals surface area (Å²) < 4.78 is 55.9. The standard InChI is InChI=1S/C29H25F4N5O2S/c1-37(21-14-23(29(31,32)33)25(16-34)36-17-21)27(41)38(28(18-39)11-5-12-28)20-8-9-22(24(30)15-20)26(40)35-13-10-19-6-3-2-4-7-19/h2-4,6-9,14-15,17-18H,5,10-13H2,1H3,(H,35,40). The largest absolute Gasteiger partial charge is 0.419 e. The van der Waals surface area contributed by atoms with Crippen LogP contribution in [0.5, 0.6) is 0 Å². The molecular formula is C29H25F4N5O2S. The van der Waals surface area contributed by atoms with Crippen LogP contribution in [0.1, 0.15) is 46.4 Å². The van der Waals surface area contributed by atoms with Gasteiger partial charge in [0.1, 0.15) is 23.7 Å². The van der Waals surface area contributed by atoms with Crippen molar-refractivity contribution in [2.45, 2.75) is 37.4 Å². The maximum atomic E-state index is 15.3. The summed E-state index contributed by atoms with van der Waals surface area (Å²) in [5.74, 6) is -1.47. The van der Waals surface area contributed by atoms with Crippen LogP contribution in [-0.2, 0) is 17.4 Å². The molecule has 0 saturated heterocycles. The average Bonchev–Trinajstić information content (AvgIpc) is 2.93. The van der Waals surface area contributed by atoms with Crippen LogP contribution in [-0.4, -0.2) is 41.4 Å². The Morgan fingerprint density at radius 1 is 1.17 bits per heavy atom. The van der Waals surface area contributed by atoms with Gasteiger partial charge in [-0.05, 0) is 67.7 Å². The number of nitrogens with one attached hydrogen (secondary N) is 1. The number of rotatable bonds is 8. The lowest BCUT2D eigenvalue weighted by Gasteiger charge is -2.48. The summed E-state index contributed by atoms with van der Waals surface area (Å²) in [7, 11) is 1.39. The van der Waals surface area contributed by atoms with Gasteiger partial charge >= 0.3 is 6.18 Å². The number of benzene rings is 2. The molecule has 0 atom stereocenters. The van der Waals surface area contributed by atoms with E-state index in [2.05, 4.69) is 10.3 Å². The van der Waals surface area contributed by atoms with Gasteiger partial charge < -0.3 is 19.9 Å². The first-order chi connectivity index (χ1) is 19.5. The number of halogens is 4. The van der Waals surface area contributed by atoms with Crippen LogP contribution in [0, 0.1) is 17.1 Å². The second kappa shape index (κ2) is 12.0. The summed E-state index contributed by atoms with van der Waals surface area (Å²) in [6.45, 7) is 0.290. The molecule has 1 N–H and O–H groups in total. The van der Waals surface area contributed by atoms with Crippen LogP contribution >= 0.6 is 12.2 Å². The van der Waals surface area contributed by atoms with Gasteiger partial charge in [-0.25, -0.2) is 9.37 Å². The second-order valence-electron chi connectivity index (χ2n) is 9.61. The monoisotopic (exact) mass is 583 g/mol. The van der Waals surface area contributed by atoms with Gasteiger partial charge in [0.2, 0.25) is 0 Å². The molecule has 12 heteroatoms. The molecule has 41 heavy (non-hydrogen) atoms. The summed E-state index contributed by atoms with van der Waals surface area (Å²) in [5, 5.41) is 11.7. The lowest BCUT2D eigenvalue weighted by Crippen LogP contribution is -2.60. The van der Waals surface area contributed by atoms with Crippen molar-refractivity contribution in [3.8, 4) is 6.07 Å². The van der Waals surface area contributed by atoms with Gasteiger partial charge in [0.15, 0.2) is 10.8 Å². The lowest BCUT2D eigenvalue weighted by molar-refractivity contribution is -0.138. The molecule has 2 aromatic carbocycles. The number of alkyl halides is 3. The van der Waals surface area contributed by atoms with Crippen molar-refractivity contribution in [1.29, 1.82) is 5.26 Å². The molecule has 1 aromatic heterocycles. The number of hydrogen-bond donors (Lipinski definition) is 1. The summed E-state index contributed by atoms with van der Waals surface area (Å²) in [6.07, 6.45) is -1.08. The molecule has 0 radical (unpaired) electrons.